The van der Waals surface area contributed by atoms with Crippen LogP contribution in [0.5, 0.6) is 0 Å². The third-order valence-corrected chi connectivity index (χ3v) is 3.28. The molecular weight excluding hydrogens is 146 g/mol. The summed E-state index contributed by atoms with van der Waals surface area (Å²) in [5, 5.41) is 3.61. The van der Waals surface area contributed by atoms with E-state index in [2.05, 4.69) is 33.0 Å². The molecule has 1 saturated heterocycles. The fourth-order valence-corrected chi connectivity index (χ4v) is 2.46. The third kappa shape index (κ3) is 2.48. The van der Waals surface area contributed by atoms with Crippen molar-refractivity contribution in [3.05, 3.63) is 0 Å². The van der Waals surface area contributed by atoms with Gasteiger partial charge in [-0.2, -0.15) is 0 Å². The molecule has 1 rings (SSSR count). The summed E-state index contributed by atoms with van der Waals surface area (Å²) in [6.07, 6.45) is 5.36. The van der Waals surface area contributed by atoms with Crippen molar-refractivity contribution in [2.75, 3.05) is 6.54 Å². The Morgan fingerprint density at radius 2 is 1.92 bits per heavy atom. The van der Waals surface area contributed by atoms with Crippen molar-refractivity contribution < 1.29 is 0 Å². The predicted molar refractivity (Wildman–Crippen MR) is 54.3 cm³/mol. The zero-order valence-corrected chi connectivity index (χ0v) is 9.04. The van der Waals surface area contributed by atoms with Crippen LogP contribution in [0.25, 0.3) is 0 Å². The molecule has 0 saturated carbocycles. The minimum atomic E-state index is 0.348. The molecule has 12 heavy (non-hydrogen) atoms. The van der Waals surface area contributed by atoms with E-state index in [1.54, 1.807) is 0 Å². The number of hydrogen-bond donors (Lipinski definition) is 1. The lowest BCUT2D eigenvalue weighted by Crippen LogP contribution is -2.41. The summed E-state index contributed by atoms with van der Waals surface area (Å²) >= 11 is 0. The first-order valence-corrected chi connectivity index (χ1v) is 5.22. The first kappa shape index (κ1) is 10.0. The van der Waals surface area contributed by atoms with Gasteiger partial charge in [0.25, 0.3) is 0 Å². The van der Waals surface area contributed by atoms with Crippen molar-refractivity contribution in [3.63, 3.8) is 0 Å². The molecule has 0 aromatic rings. The van der Waals surface area contributed by atoms with Crippen LogP contribution in [0.3, 0.4) is 0 Å². The Kier molecular flexibility index (Phi) is 2.82. The molecule has 1 N–H and O–H groups in total. The zero-order chi connectivity index (χ0) is 9.24. The zero-order valence-electron chi connectivity index (χ0n) is 9.04. The molecule has 1 heterocycles. The Morgan fingerprint density at radius 1 is 1.25 bits per heavy atom. The molecule has 0 aromatic carbocycles. The minimum Gasteiger partial charge on any atom is -0.312 e. The summed E-state index contributed by atoms with van der Waals surface area (Å²) in [7, 11) is 0. The van der Waals surface area contributed by atoms with Gasteiger partial charge in [0.05, 0.1) is 0 Å². The second kappa shape index (κ2) is 3.37. The Morgan fingerprint density at radius 3 is 2.50 bits per heavy atom. The standard InChI is InChI=1S/C11H23N/c1-5-11(4)7-6-8-12-10(2,3)9-11/h12H,5-9H2,1-4H3/t11-/m0/s1. The summed E-state index contributed by atoms with van der Waals surface area (Å²) in [5.74, 6) is 0. The predicted octanol–water partition coefficient (Wildman–Crippen LogP) is 2.95. The topological polar surface area (TPSA) is 12.0 Å². The van der Waals surface area contributed by atoms with Crippen LogP contribution < -0.4 is 5.32 Å². The molecule has 1 heteroatoms. The van der Waals surface area contributed by atoms with E-state index in [0.29, 0.717) is 11.0 Å². The van der Waals surface area contributed by atoms with Crippen LogP contribution in [0.15, 0.2) is 0 Å². The molecule has 72 valence electrons. The van der Waals surface area contributed by atoms with Gasteiger partial charge in [-0.25, -0.2) is 0 Å². The maximum atomic E-state index is 3.61. The number of hydrogen-bond acceptors (Lipinski definition) is 1. The molecule has 0 aromatic heterocycles. The largest absolute Gasteiger partial charge is 0.312 e. The Labute approximate surface area is 76.9 Å². The van der Waals surface area contributed by atoms with Gasteiger partial charge in [0.2, 0.25) is 0 Å². The van der Waals surface area contributed by atoms with Gasteiger partial charge in [0.1, 0.15) is 0 Å². The normalized spacial score (nSPS) is 36.0. The highest BCUT2D eigenvalue weighted by Crippen LogP contribution is 2.37. The van der Waals surface area contributed by atoms with Crippen LogP contribution >= 0.6 is 0 Å². The molecule has 0 bridgehead atoms. The molecule has 1 atom stereocenters. The van der Waals surface area contributed by atoms with Gasteiger partial charge in [0, 0.05) is 5.54 Å². The molecule has 1 nitrogen and oxygen atoms in total. The third-order valence-electron chi connectivity index (χ3n) is 3.28. The summed E-state index contributed by atoms with van der Waals surface area (Å²) in [4.78, 5) is 0. The number of rotatable bonds is 1. The highest BCUT2D eigenvalue weighted by atomic mass is 15.0. The van der Waals surface area contributed by atoms with Crippen LogP contribution in [-0.4, -0.2) is 12.1 Å². The lowest BCUT2D eigenvalue weighted by molar-refractivity contribution is 0.211. The van der Waals surface area contributed by atoms with Gasteiger partial charge in [0.15, 0.2) is 0 Å². The van der Waals surface area contributed by atoms with Crippen molar-refractivity contribution >= 4 is 0 Å². The second-order valence-corrected chi connectivity index (χ2v) is 5.26. The van der Waals surface area contributed by atoms with E-state index in [1.165, 1.54) is 32.2 Å². The Balaban J connectivity index is 2.66. The monoisotopic (exact) mass is 169 g/mol. The average Bonchev–Trinajstić information content (AvgIpc) is 2.09. The fraction of sp³-hybridized carbons (Fsp3) is 1.00. The van der Waals surface area contributed by atoms with Crippen LogP contribution in [0.4, 0.5) is 0 Å². The quantitative estimate of drug-likeness (QED) is 0.636. The van der Waals surface area contributed by atoms with E-state index in [-0.39, 0.29) is 0 Å². The van der Waals surface area contributed by atoms with Gasteiger partial charge in [-0.3, -0.25) is 0 Å². The molecular formula is C11H23N. The van der Waals surface area contributed by atoms with Gasteiger partial charge < -0.3 is 5.32 Å². The van der Waals surface area contributed by atoms with Crippen LogP contribution in [0, 0.1) is 5.41 Å². The van der Waals surface area contributed by atoms with E-state index < -0.39 is 0 Å². The molecule has 1 fully saturated rings. The molecule has 1 aliphatic heterocycles. The van der Waals surface area contributed by atoms with E-state index in [4.69, 9.17) is 0 Å². The summed E-state index contributed by atoms with van der Waals surface area (Å²) in [6, 6.07) is 0. The molecule has 0 spiro atoms. The molecule has 0 radical (unpaired) electrons. The SMILES string of the molecule is CC[C@@]1(C)CCCNC(C)(C)C1. The van der Waals surface area contributed by atoms with Crippen LogP contribution in [-0.2, 0) is 0 Å². The van der Waals surface area contributed by atoms with E-state index >= 15 is 0 Å². The molecule has 1 aliphatic rings. The average molecular weight is 169 g/mol. The van der Waals surface area contributed by atoms with Crippen LogP contribution in [0.2, 0.25) is 0 Å². The molecule has 0 amide bonds. The summed E-state index contributed by atoms with van der Waals surface area (Å²) < 4.78 is 0. The molecule has 0 unspecified atom stereocenters. The van der Waals surface area contributed by atoms with Gasteiger partial charge >= 0.3 is 0 Å². The first-order chi connectivity index (χ1) is 5.47. The highest BCUT2D eigenvalue weighted by Gasteiger charge is 2.32. The second-order valence-electron chi connectivity index (χ2n) is 5.26. The van der Waals surface area contributed by atoms with Gasteiger partial charge in [-0.15, -0.1) is 0 Å². The van der Waals surface area contributed by atoms with Gasteiger partial charge in [-0.05, 0) is 45.1 Å². The Hall–Kier alpha value is -0.0400. The van der Waals surface area contributed by atoms with E-state index in [0.717, 1.165) is 0 Å². The van der Waals surface area contributed by atoms with Crippen molar-refractivity contribution in [3.8, 4) is 0 Å². The van der Waals surface area contributed by atoms with Crippen molar-refractivity contribution in [1.29, 1.82) is 0 Å². The van der Waals surface area contributed by atoms with Crippen LogP contribution in [0.1, 0.15) is 53.4 Å². The Bertz CT molecular complexity index is 151. The summed E-state index contributed by atoms with van der Waals surface area (Å²) in [6.45, 7) is 10.6. The highest BCUT2D eigenvalue weighted by molar-refractivity contribution is 4.89. The number of nitrogens with one attached hydrogen (secondary N) is 1. The van der Waals surface area contributed by atoms with Crippen molar-refractivity contribution in [1.82, 2.24) is 5.32 Å². The minimum absolute atomic E-state index is 0.348. The maximum absolute atomic E-state index is 3.61. The smallest absolute Gasteiger partial charge is 0.0130 e. The maximum Gasteiger partial charge on any atom is 0.0130 e. The van der Waals surface area contributed by atoms with Crippen molar-refractivity contribution in [2.45, 2.75) is 58.9 Å². The lowest BCUT2D eigenvalue weighted by atomic mass is 9.75. The fourth-order valence-electron chi connectivity index (χ4n) is 2.46. The van der Waals surface area contributed by atoms with E-state index in [9.17, 15) is 0 Å². The first-order valence-electron chi connectivity index (χ1n) is 5.22. The summed E-state index contributed by atoms with van der Waals surface area (Å²) in [5.41, 5.74) is 0.925. The van der Waals surface area contributed by atoms with E-state index in [1.807, 2.05) is 0 Å². The molecule has 0 aliphatic carbocycles. The van der Waals surface area contributed by atoms with Gasteiger partial charge in [-0.1, -0.05) is 20.3 Å². The van der Waals surface area contributed by atoms with Crippen molar-refractivity contribution in [2.24, 2.45) is 5.41 Å². The lowest BCUT2D eigenvalue weighted by Gasteiger charge is -2.34.